The van der Waals surface area contributed by atoms with Gasteiger partial charge >= 0.3 is 0 Å². The molecular weight excluding hydrogens is 192 g/mol. The SMILES string of the molecule is CC1OCCC1c1nc2ncncc2[nH]1. The first-order valence-electron chi connectivity index (χ1n) is 5.12. The largest absolute Gasteiger partial charge is 0.378 e. The summed E-state index contributed by atoms with van der Waals surface area (Å²) in [7, 11) is 0. The highest BCUT2D eigenvalue weighted by Crippen LogP contribution is 2.29. The van der Waals surface area contributed by atoms with Crippen LogP contribution < -0.4 is 0 Å². The van der Waals surface area contributed by atoms with Crippen molar-refractivity contribution in [1.29, 1.82) is 0 Å². The van der Waals surface area contributed by atoms with E-state index in [2.05, 4.69) is 26.9 Å². The van der Waals surface area contributed by atoms with Gasteiger partial charge in [0.05, 0.1) is 12.3 Å². The first-order chi connectivity index (χ1) is 7.34. The fourth-order valence-electron chi connectivity index (χ4n) is 2.05. The topological polar surface area (TPSA) is 63.7 Å². The Morgan fingerprint density at radius 1 is 1.53 bits per heavy atom. The summed E-state index contributed by atoms with van der Waals surface area (Å²) in [6, 6.07) is 0. The predicted octanol–water partition coefficient (Wildman–Crippen LogP) is 1.25. The lowest BCUT2D eigenvalue weighted by Crippen LogP contribution is -2.10. The van der Waals surface area contributed by atoms with Crippen LogP contribution in [0.5, 0.6) is 0 Å². The van der Waals surface area contributed by atoms with Crippen LogP contribution in [-0.2, 0) is 4.74 Å². The Hall–Kier alpha value is -1.49. The number of ether oxygens (including phenoxy) is 1. The van der Waals surface area contributed by atoms with Crippen molar-refractivity contribution in [3.05, 3.63) is 18.3 Å². The van der Waals surface area contributed by atoms with Gasteiger partial charge in [-0.1, -0.05) is 0 Å². The zero-order valence-electron chi connectivity index (χ0n) is 8.47. The average Bonchev–Trinajstić information content (AvgIpc) is 2.82. The number of rotatable bonds is 1. The molecule has 1 saturated heterocycles. The van der Waals surface area contributed by atoms with Gasteiger partial charge in [-0.2, -0.15) is 0 Å². The molecule has 0 bridgehead atoms. The lowest BCUT2D eigenvalue weighted by atomic mass is 10.0. The Morgan fingerprint density at radius 3 is 3.20 bits per heavy atom. The maximum Gasteiger partial charge on any atom is 0.180 e. The molecule has 2 unspecified atom stereocenters. The van der Waals surface area contributed by atoms with Crippen molar-refractivity contribution in [3.63, 3.8) is 0 Å². The minimum atomic E-state index is 0.235. The van der Waals surface area contributed by atoms with Gasteiger partial charge in [0.15, 0.2) is 5.65 Å². The Morgan fingerprint density at radius 2 is 2.47 bits per heavy atom. The molecular formula is C10H12N4O. The normalized spacial score (nSPS) is 26.2. The van der Waals surface area contributed by atoms with Crippen molar-refractivity contribution >= 4 is 11.2 Å². The number of H-pyrrole nitrogens is 1. The third kappa shape index (κ3) is 1.39. The van der Waals surface area contributed by atoms with Crippen LogP contribution in [0, 0.1) is 0 Å². The van der Waals surface area contributed by atoms with Gasteiger partial charge < -0.3 is 9.72 Å². The summed E-state index contributed by atoms with van der Waals surface area (Å²) in [4.78, 5) is 15.8. The zero-order chi connectivity index (χ0) is 10.3. The van der Waals surface area contributed by atoms with E-state index < -0.39 is 0 Å². The molecule has 1 aliphatic heterocycles. The third-order valence-corrected chi connectivity index (χ3v) is 2.91. The van der Waals surface area contributed by atoms with Gasteiger partial charge in [0.2, 0.25) is 0 Å². The summed E-state index contributed by atoms with van der Waals surface area (Å²) in [6.45, 7) is 2.89. The summed E-state index contributed by atoms with van der Waals surface area (Å²) in [6.07, 6.45) is 4.52. The Labute approximate surface area is 86.9 Å². The molecule has 5 heteroatoms. The molecule has 2 aromatic heterocycles. The summed E-state index contributed by atoms with van der Waals surface area (Å²) in [5.41, 5.74) is 1.63. The van der Waals surface area contributed by atoms with E-state index in [-0.39, 0.29) is 6.10 Å². The van der Waals surface area contributed by atoms with Crippen molar-refractivity contribution in [3.8, 4) is 0 Å². The van der Waals surface area contributed by atoms with Crippen LogP contribution in [0.2, 0.25) is 0 Å². The van der Waals surface area contributed by atoms with Crippen LogP contribution >= 0.6 is 0 Å². The minimum absolute atomic E-state index is 0.235. The van der Waals surface area contributed by atoms with E-state index in [0.29, 0.717) is 5.92 Å². The van der Waals surface area contributed by atoms with E-state index in [9.17, 15) is 0 Å². The number of nitrogens with one attached hydrogen (secondary N) is 1. The quantitative estimate of drug-likeness (QED) is 0.759. The standard InChI is InChI=1S/C10H12N4O/c1-6-7(2-3-15-6)9-13-8-4-11-5-12-10(8)14-9/h4-7H,2-3H2,1H3,(H,11,12,13,14). The van der Waals surface area contributed by atoms with Crippen LogP contribution in [-0.4, -0.2) is 32.6 Å². The molecule has 5 nitrogen and oxygen atoms in total. The Balaban J connectivity index is 2.04. The number of aromatic amines is 1. The predicted molar refractivity (Wildman–Crippen MR) is 54.5 cm³/mol. The molecule has 1 N–H and O–H groups in total. The van der Waals surface area contributed by atoms with Gasteiger partial charge in [-0.3, -0.25) is 0 Å². The molecule has 0 saturated carbocycles. The number of nitrogens with zero attached hydrogens (tertiary/aromatic N) is 3. The molecule has 78 valence electrons. The van der Waals surface area contributed by atoms with Crippen molar-refractivity contribution < 1.29 is 4.74 Å². The summed E-state index contributed by atoms with van der Waals surface area (Å²) >= 11 is 0. The molecule has 2 atom stereocenters. The van der Waals surface area contributed by atoms with E-state index in [0.717, 1.165) is 30.0 Å². The van der Waals surface area contributed by atoms with Gasteiger partial charge in [-0.25, -0.2) is 15.0 Å². The third-order valence-electron chi connectivity index (χ3n) is 2.91. The monoisotopic (exact) mass is 204 g/mol. The number of fused-ring (bicyclic) bond motifs is 1. The molecule has 1 aliphatic rings. The average molecular weight is 204 g/mol. The van der Waals surface area contributed by atoms with E-state index in [4.69, 9.17) is 4.74 Å². The number of hydrogen-bond acceptors (Lipinski definition) is 4. The molecule has 0 spiro atoms. The number of imidazole rings is 1. The molecule has 0 aliphatic carbocycles. The van der Waals surface area contributed by atoms with Gasteiger partial charge in [0, 0.05) is 12.5 Å². The maximum atomic E-state index is 5.52. The Kier molecular flexibility index (Phi) is 1.92. The lowest BCUT2D eigenvalue weighted by molar-refractivity contribution is 0.117. The molecule has 3 heterocycles. The van der Waals surface area contributed by atoms with Crippen molar-refractivity contribution in [2.45, 2.75) is 25.4 Å². The second-order valence-corrected chi connectivity index (χ2v) is 3.85. The van der Waals surface area contributed by atoms with Gasteiger partial charge in [0.1, 0.15) is 17.7 Å². The van der Waals surface area contributed by atoms with Gasteiger partial charge in [-0.15, -0.1) is 0 Å². The van der Waals surface area contributed by atoms with Crippen LogP contribution in [0.15, 0.2) is 12.5 Å². The fraction of sp³-hybridized carbons (Fsp3) is 0.500. The van der Waals surface area contributed by atoms with Gasteiger partial charge in [-0.05, 0) is 13.3 Å². The molecule has 15 heavy (non-hydrogen) atoms. The number of aromatic nitrogens is 4. The van der Waals surface area contributed by atoms with E-state index in [1.807, 2.05) is 0 Å². The lowest BCUT2D eigenvalue weighted by Gasteiger charge is -2.09. The highest BCUT2D eigenvalue weighted by atomic mass is 16.5. The fourth-order valence-corrected chi connectivity index (χ4v) is 2.05. The second-order valence-electron chi connectivity index (χ2n) is 3.85. The van der Waals surface area contributed by atoms with E-state index in [1.54, 1.807) is 6.20 Å². The number of hydrogen-bond donors (Lipinski definition) is 1. The van der Waals surface area contributed by atoms with E-state index >= 15 is 0 Å². The first-order valence-corrected chi connectivity index (χ1v) is 5.12. The zero-order valence-corrected chi connectivity index (χ0v) is 8.47. The van der Waals surface area contributed by atoms with Crippen LogP contribution in [0.25, 0.3) is 11.2 Å². The molecule has 2 aromatic rings. The van der Waals surface area contributed by atoms with Gasteiger partial charge in [0.25, 0.3) is 0 Å². The summed E-state index contributed by atoms with van der Waals surface area (Å²) in [5.74, 6) is 1.33. The smallest absolute Gasteiger partial charge is 0.180 e. The van der Waals surface area contributed by atoms with Crippen molar-refractivity contribution in [2.75, 3.05) is 6.61 Å². The molecule has 0 radical (unpaired) electrons. The van der Waals surface area contributed by atoms with Crippen LogP contribution in [0.3, 0.4) is 0 Å². The van der Waals surface area contributed by atoms with Crippen LogP contribution in [0.1, 0.15) is 25.1 Å². The second kappa shape index (κ2) is 3.27. The minimum Gasteiger partial charge on any atom is -0.378 e. The molecule has 3 rings (SSSR count). The van der Waals surface area contributed by atoms with Crippen molar-refractivity contribution in [1.82, 2.24) is 19.9 Å². The summed E-state index contributed by atoms with van der Waals surface area (Å²) in [5, 5.41) is 0. The molecule has 0 amide bonds. The van der Waals surface area contributed by atoms with E-state index in [1.165, 1.54) is 6.33 Å². The maximum absolute atomic E-state index is 5.52. The van der Waals surface area contributed by atoms with Crippen molar-refractivity contribution in [2.24, 2.45) is 0 Å². The summed E-state index contributed by atoms with van der Waals surface area (Å²) < 4.78 is 5.52. The highest BCUT2D eigenvalue weighted by molar-refractivity contribution is 5.68. The first kappa shape index (κ1) is 8.79. The molecule has 1 fully saturated rings. The highest BCUT2D eigenvalue weighted by Gasteiger charge is 2.28. The Bertz CT molecular complexity index is 448. The van der Waals surface area contributed by atoms with Crippen LogP contribution in [0.4, 0.5) is 0 Å². The molecule has 0 aromatic carbocycles.